The first-order valence-electron chi connectivity index (χ1n) is 8.06. The van der Waals surface area contributed by atoms with Gasteiger partial charge in [0, 0.05) is 6.61 Å². The first-order chi connectivity index (χ1) is 11.0. The van der Waals surface area contributed by atoms with Crippen molar-refractivity contribution in [2.75, 3.05) is 19.7 Å². The van der Waals surface area contributed by atoms with Gasteiger partial charge >= 0.3 is 0 Å². The highest BCUT2D eigenvalue weighted by molar-refractivity contribution is 6.30. The molecule has 2 aliphatic heterocycles. The fourth-order valence-corrected chi connectivity index (χ4v) is 3.86. The highest BCUT2D eigenvalue weighted by atomic mass is 35.5. The van der Waals surface area contributed by atoms with Crippen molar-refractivity contribution in [2.24, 2.45) is 11.8 Å². The van der Waals surface area contributed by atoms with Crippen LogP contribution in [0.15, 0.2) is 18.2 Å². The summed E-state index contributed by atoms with van der Waals surface area (Å²) in [4.78, 5) is 14.4. The first-order valence-corrected chi connectivity index (χ1v) is 8.43. The van der Waals surface area contributed by atoms with Crippen molar-refractivity contribution in [3.8, 4) is 0 Å². The largest absolute Gasteiger partial charge is 0.386 e. The standard InChI is InChI=1S/C17H19ClFNO3/c18-13-4-1-10(7-14(13)19)15-12(5-6-23-15)16(21)20-8-17(22,9-20)11-2-3-11/h1,4,7,11-12,15,22H,2-3,5-6,8-9H2/t12-,15+/m1/s1. The molecule has 1 aromatic carbocycles. The van der Waals surface area contributed by atoms with Crippen molar-refractivity contribution < 1.29 is 19.0 Å². The molecule has 3 fully saturated rings. The molecular formula is C17H19ClFNO3. The lowest BCUT2D eigenvalue weighted by atomic mass is 9.85. The zero-order valence-electron chi connectivity index (χ0n) is 12.7. The minimum Gasteiger partial charge on any atom is -0.386 e. The van der Waals surface area contributed by atoms with Gasteiger partial charge in [-0.05, 0) is 42.9 Å². The number of amides is 1. The number of ether oxygens (including phenoxy) is 1. The summed E-state index contributed by atoms with van der Waals surface area (Å²) in [7, 11) is 0. The van der Waals surface area contributed by atoms with Gasteiger partial charge in [0.2, 0.25) is 5.91 Å². The van der Waals surface area contributed by atoms with Crippen molar-refractivity contribution in [3.05, 3.63) is 34.6 Å². The molecule has 4 nitrogen and oxygen atoms in total. The van der Waals surface area contributed by atoms with Crippen molar-refractivity contribution in [1.82, 2.24) is 4.90 Å². The maximum atomic E-state index is 13.7. The Kier molecular flexibility index (Phi) is 3.63. The van der Waals surface area contributed by atoms with E-state index in [1.807, 2.05) is 0 Å². The quantitative estimate of drug-likeness (QED) is 0.920. The fraction of sp³-hybridized carbons (Fsp3) is 0.588. The Labute approximate surface area is 139 Å². The Morgan fingerprint density at radius 1 is 1.35 bits per heavy atom. The predicted octanol–water partition coefficient (Wildman–Crippen LogP) is 2.54. The number of halogens is 2. The second-order valence-corrected chi connectivity index (χ2v) is 7.34. The highest BCUT2D eigenvalue weighted by Gasteiger charge is 2.54. The Morgan fingerprint density at radius 2 is 2.09 bits per heavy atom. The third-order valence-corrected chi connectivity index (χ3v) is 5.57. The van der Waals surface area contributed by atoms with Crippen LogP contribution in [0.1, 0.15) is 30.9 Å². The molecule has 0 bridgehead atoms. The van der Waals surface area contributed by atoms with Gasteiger partial charge in [0.05, 0.1) is 30.1 Å². The van der Waals surface area contributed by atoms with Gasteiger partial charge in [-0.15, -0.1) is 0 Å². The molecule has 3 aliphatic rings. The van der Waals surface area contributed by atoms with Crippen molar-refractivity contribution in [2.45, 2.75) is 31.0 Å². The number of carbonyl (C=O) groups excluding carboxylic acids is 1. The minimum absolute atomic E-state index is 0.00631. The zero-order chi connectivity index (χ0) is 16.2. The predicted molar refractivity (Wildman–Crippen MR) is 82.5 cm³/mol. The van der Waals surface area contributed by atoms with Crippen LogP contribution in [0.3, 0.4) is 0 Å². The van der Waals surface area contributed by atoms with Crippen LogP contribution in [0.2, 0.25) is 5.02 Å². The summed E-state index contributed by atoms with van der Waals surface area (Å²) in [6.07, 6.45) is 2.28. The molecule has 23 heavy (non-hydrogen) atoms. The Morgan fingerprint density at radius 3 is 2.74 bits per heavy atom. The molecule has 124 valence electrons. The summed E-state index contributed by atoms with van der Waals surface area (Å²) >= 11 is 5.72. The summed E-state index contributed by atoms with van der Waals surface area (Å²) in [5, 5.41) is 10.4. The van der Waals surface area contributed by atoms with Crippen LogP contribution in [0.5, 0.6) is 0 Å². The summed E-state index contributed by atoms with van der Waals surface area (Å²) in [5.74, 6) is -0.474. The third-order valence-electron chi connectivity index (χ3n) is 5.26. The number of carbonyl (C=O) groups is 1. The van der Waals surface area contributed by atoms with Crippen molar-refractivity contribution in [3.63, 3.8) is 0 Å². The van der Waals surface area contributed by atoms with E-state index in [1.165, 1.54) is 12.1 Å². The Balaban J connectivity index is 1.47. The molecule has 0 spiro atoms. The number of nitrogens with zero attached hydrogens (tertiary/aromatic N) is 1. The number of β-amino-alcohol motifs (C(OH)–C–C–N with tert-alkyl or cyclic N) is 1. The number of benzene rings is 1. The Hall–Kier alpha value is -1.17. The summed E-state index contributed by atoms with van der Waals surface area (Å²) in [6.45, 7) is 1.30. The van der Waals surface area contributed by atoms with Crippen LogP contribution < -0.4 is 0 Å². The Bertz CT molecular complexity index is 643. The van der Waals surface area contributed by atoms with Crippen LogP contribution in [0, 0.1) is 17.7 Å². The number of rotatable bonds is 3. The molecule has 2 saturated heterocycles. The van der Waals surface area contributed by atoms with Crippen LogP contribution in [-0.2, 0) is 9.53 Å². The van der Waals surface area contributed by atoms with Gasteiger partial charge < -0.3 is 14.7 Å². The lowest BCUT2D eigenvalue weighted by Gasteiger charge is -2.48. The van der Waals surface area contributed by atoms with Gasteiger partial charge in [-0.3, -0.25) is 4.79 Å². The molecule has 0 unspecified atom stereocenters. The lowest BCUT2D eigenvalue weighted by Crippen LogP contribution is -2.65. The summed E-state index contributed by atoms with van der Waals surface area (Å²) in [5.41, 5.74) is -0.0440. The third kappa shape index (κ3) is 2.65. The van der Waals surface area contributed by atoms with E-state index in [-0.39, 0.29) is 16.8 Å². The minimum atomic E-state index is -0.684. The lowest BCUT2D eigenvalue weighted by molar-refractivity contribution is -0.165. The molecule has 1 N–H and O–H groups in total. The van der Waals surface area contributed by atoms with E-state index in [9.17, 15) is 14.3 Å². The second kappa shape index (κ2) is 5.43. The zero-order valence-corrected chi connectivity index (χ0v) is 13.4. The molecule has 1 amide bonds. The van der Waals surface area contributed by atoms with Gasteiger partial charge in [-0.25, -0.2) is 4.39 Å². The van der Waals surface area contributed by atoms with Crippen LogP contribution in [0.4, 0.5) is 4.39 Å². The molecule has 4 rings (SSSR count). The fourth-order valence-electron chi connectivity index (χ4n) is 3.74. The molecule has 1 aromatic rings. The molecule has 2 heterocycles. The topological polar surface area (TPSA) is 49.8 Å². The van der Waals surface area contributed by atoms with E-state index in [4.69, 9.17) is 16.3 Å². The monoisotopic (exact) mass is 339 g/mol. The summed E-state index contributed by atoms with van der Waals surface area (Å²) in [6, 6.07) is 4.54. The maximum absolute atomic E-state index is 13.7. The van der Waals surface area contributed by atoms with Crippen LogP contribution in [0.25, 0.3) is 0 Å². The van der Waals surface area contributed by atoms with E-state index in [2.05, 4.69) is 0 Å². The number of aliphatic hydroxyl groups is 1. The van der Waals surface area contributed by atoms with E-state index in [0.717, 1.165) is 12.8 Å². The number of hydrogen-bond donors (Lipinski definition) is 1. The second-order valence-electron chi connectivity index (χ2n) is 6.93. The van der Waals surface area contributed by atoms with Crippen molar-refractivity contribution >= 4 is 17.5 Å². The molecule has 2 atom stereocenters. The maximum Gasteiger partial charge on any atom is 0.228 e. The molecular weight excluding hydrogens is 321 g/mol. The number of hydrogen-bond acceptors (Lipinski definition) is 3. The smallest absolute Gasteiger partial charge is 0.228 e. The van der Waals surface area contributed by atoms with E-state index >= 15 is 0 Å². The molecule has 0 aromatic heterocycles. The van der Waals surface area contributed by atoms with Gasteiger partial charge in [0.25, 0.3) is 0 Å². The number of likely N-dealkylation sites (tertiary alicyclic amines) is 1. The van der Waals surface area contributed by atoms with Gasteiger partial charge in [0.1, 0.15) is 11.4 Å². The normalized spacial score (nSPS) is 29.4. The summed E-state index contributed by atoms with van der Waals surface area (Å²) < 4.78 is 19.4. The van der Waals surface area contributed by atoms with E-state index in [1.54, 1.807) is 11.0 Å². The van der Waals surface area contributed by atoms with Gasteiger partial charge in [-0.2, -0.15) is 0 Å². The van der Waals surface area contributed by atoms with Crippen LogP contribution >= 0.6 is 11.6 Å². The molecule has 6 heteroatoms. The van der Waals surface area contributed by atoms with Crippen molar-refractivity contribution in [1.29, 1.82) is 0 Å². The molecule has 1 saturated carbocycles. The van der Waals surface area contributed by atoms with Gasteiger partial charge in [0.15, 0.2) is 0 Å². The van der Waals surface area contributed by atoms with E-state index in [0.29, 0.717) is 37.6 Å². The molecule has 1 aliphatic carbocycles. The average Bonchev–Trinajstić information content (AvgIpc) is 3.24. The van der Waals surface area contributed by atoms with E-state index < -0.39 is 17.5 Å². The van der Waals surface area contributed by atoms with Gasteiger partial charge in [-0.1, -0.05) is 17.7 Å². The molecule has 0 radical (unpaired) electrons. The van der Waals surface area contributed by atoms with Crippen LogP contribution in [-0.4, -0.2) is 41.2 Å². The highest BCUT2D eigenvalue weighted by Crippen LogP contribution is 2.46. The first kappa shape index (κ1) is 15.4. The SMILES string of the molecule is O=C([C@@H]1CCO[C@H]1c1ccc(Cl)c(F)c1)N1CC(O)(C2CC2)C1. The average molecular weight is 340 g/mol.